The molecule has 0 aliphatic heterocycles. The molecule has 0 saturated carbocycles. The first-order valence-corrected chi connectivity index (χ1v) is 7.71. The Labute approximate surface area is 133 Å². The van der Waals surface area contributed by atoms with Gasteiger partial charge in [0.15, 0.2) is 0 Å². The predicted octanol–water partition coefficient (Wildman–Crippen LogP) is 3.84. The Kier molecular flexibility index (Phi) is 5.14. The molecule has 5 nitrogen and oxygen atoms in total. The monoisotopic (exact) mass is 349 g/mol. The van der Waals surface area contributed by atoms with Crippen LogP contribution in [0.3, 0.4) is 0 Å². The van der Waals surface area contributed by atoms with Gasteiger partial charge >= 0.3 is 0 Å². The van der Waals surface area contributed by atoms with Gasteiger partial charge in [0.1, 0.15) is 17.5 Å². The molecular weight excluding hydrogens is 330 g/mol. The van der Waals surface area contributed by atoms with E-state index in [9.17, 15) is 0 Å². The van der Waals surface area contributed by atoms with Crippen LogP contribution in [0, 0.1) is 13.8 Å². The summed E-state index contributed by atoms with van der Waals surface area (Å²) in [4.78, 5) is 8.89. The summed E-state index contributed by atoms with van der Waals surface area (Å²) in [5.74, 6) is 7.62. The van der Waals surface area contributed by atoms with Crippen molar-refractivity contribution in [2.75, 3.05) is 10.7 Å². The van der Waals surface area contributed by atoms with E-state index < -0.39 is 0 Å². The third-order valence-electron chi connectivity index (χ3n) is 3.14. The molecule has 112 valence electrons. The fourth-order valence-corrected chi connectivity index (χ4v) is 2.89. The topological polar surface area (TPSA) is 75.9 Å². The molecule has 0 aliphatic rings. The number of hydrazine groups is 1. The Morgan fingerprint density at radius 3 is 2.29 bits per heavy atom. The van der Waals surface area contributed by atoms with E-state index in [1.54, 1.807) is 6.07 Å². The lowest BCUT2D eigenvalue weighted by Gasteiger charge is -2.14. The normalized spacial score (nSPS) is 10.5. The highest BCUT2D eigenvalue weighted by Crippen LogP contribution is 2.28. The van der Waals surface area contributed by atoms with E-state index in [1.165, 1.54) is 0 Å². The van der Waals surface area contributed by atoms with Gasteiger partial charge in [-0.3, -0.25) is 0 Å². The number of anilines is 3. The predicted molar refractivity (Wildman–Crippen MR) is 90.7 cm³/mol. The van der Waals surface area contributed by atoms with Gasteiger partial charge in [-0.1, -0.05) is 22.9 Å². The number of nitrogen functional groups attached to an aromatic ring is 1. The van der Waals surface area contributed by atoms with Crippen molar-refractivity contribution >= 4 is 33.3 Å². The standard InChI is InChI=1S/C15H20BrN5/c1-4-5-12-18-13(8-14(19-12)21-17)20-15-9(2)6-11(16)7-10(15)3/h6-8H,4-5,17H2,1-3H3,(H2,18,19,20,21). The molecule has 0 radical (unpaired) electrons. The van der Waals surface area contributed by atoms with E-state index in [0.29, 0.717) is 5.82 Å². The van der Waals surface area contributed by atoms with Gasteiger partial charge in [-0.05, 0) is 43.5 Å². The molecule has 4 N–H and O–H groups in total. The molecule has 6 heteroatoms. The largest absolute Gasteiger partial charge is 0.340 e. The van der Waals surface area contributed by atoms with E-state index in [2.05, 4.69) is 69.5 Å². The molecule has 0 saturated heterocycles. The molecule has 21 heavy (non-hydrogen) atoms. The first-order valence-electron chi connectivity index (χ1n) is 6.91. The van der Waals surface area contributed by atoms with Gasteiger partial charge in [-0.25, -0.2) is 15.8 Å². The van der Waals surface area contributed by atoms with Crippen LogP contribution >= 0.6 is 15.9 Å². The minimum atomic E-state index is 0.614. The molecule has 1 heterocycles. The summed E-state index contributed by atoms with van der Waals surface area (Å²) in [6, 6.07) is 5.96. The van der Waals surface area contributed by atoms with Gasteiger partial charge in [0.2, 0.25) is 0 Å². The van der Waals surface area contributed by atoms with Gasteiger partial charge < -0.3 is 10.7 Å². The third-order valence-corrected chi connectivity index (χ3v) is 3.60. The number of hydrogen-bond donors (Lipinski definition) is 3. The second kappa shape index (κ2) is 6.87. The smallest absolute Gasteiger partial charge is 0.145 e. The Hall–Kier alpha value is -1.66. The van der Waals surface area contributed by atoms with E-state index in [0.717, 1.165) is 45.8 Å². The van der Waals surface area contributed by atoms with Crippen LogP contribution in [0.2, 0.25) is 0 Å². The highest BCUT2D eigenvalue weighted by molar-refractivity contribution is 9.10. The van der Waals surface area contributed by atoms with E-state index >= 15 is 0 Å². The Balaban J connectivity index is 2.37. The van der Waals surface area contributed by atoms with Crippen LogP contribution in [0.15, 0.2) is 22.7 Å². The van der Waals surface area contributed by atoms with Gasteiger partial charge in [-0.15, -0.1) is 0 Å². The minimum Gasteiger partial charge on any atom is -0.340 e. The molecule has 0 unspecified atom stereocenters. The maximum absolute atomic E-state index is 5.48. The Morgan fingerprint density at radius 1 is 1.10 bits per heavy atom. The highest BCUT2D eigenvalue weighted by Gasteiger charge is 2.08. The minimum absolute atomic E-state index is 0.614. The molecule has 2 aromatic rings. The van der Waals surface area contributed by atoms with Crippen LogP contribution in [0.25, 0.3) is 0 Å². The quantitative estimate of drug-likeness (QED) is 0.564. The molecule has 1 aromatic heterocycles. The number of nitrogens with zero attached hydrogens (tertiary/aromatic N) is 2. The lowest BCUT2D eigenvalue weighted by Crippen LogP contribution is -2.11. The van der Waals surface area contributed by atoms with Crippen LogP contribution in [0.4, 0.5) is 17.3 Å². The van der Waals surface area contributed by atoms with Crippen molar-refractivity contribution in [1.82, 2.24) is 9.97 Å². The zero-order valence-corrected chi connectivity index (χ0v) is 14.1. The summed E-state index contributed by atoms with van der Waals surface area (Å²) in [6.45, 7) is 6.23. The maximum Gasteiger partial charge on any atom is 0.145 e. The summed E-state index contributed by atoms with van der Waals surface area (Å²) in [6.07, 6.45) is 1.81. The maximum atomic E-state index is 5.48. The molecule has 0 fully saturated rings. The van der Waals surface area contributed by atoms with E-state index in [-0.39, 0.29) is 0 Å². The van der Waals surface area contributed by atoms with Crippen LogP contribution in [-0.2, 0) is 6.42 Å². The van der Waals surface area contributed by atoms with Gasteiger partial charge in [-0.2, -0.15) is 0 Å². The SMILES string of the molecule is CCCc1nc(NN)cc(Nc2c(C)cc(Br)cc2C)n1. The number of hydrogen-bond acceptors (Lipinski definition) is 5. The number of rotatable bonds is 5. The van der Waals surface area contributed by atoms with Crippen molar-refractivity contribution in [3.8, 4) is 0 Å². The summed E-state index contributed by atoms with van der Waals surface area (Å²) in [5.41, 5.74) is 5.95. The molecule has 0 spiro atoms. The first kappa shape index (κ1) is 15.7. The van der Waals surface area contributed by atoms with E-state index in [4.69, 9.17) is 5.84 Å². The zero-order chi connectivity index (χ0) is 15.4. The van der Waals surface area contributed by atoms with Crippen molar-refractivity contribution in [3.63, 3.8) is 0 Å². The van der Waals surface area contributed by atoms with Crippen LogP contribution in [0.1, 0.15) is 30.3 Å². The first-order chi connectivity index (χ1) is 10.0. The average molecular weight is 350 g/mol. The van der Waals surface area contributed by atoms with Gasteiger partial charge in [0.05, 0.1) is 0 Å². The Bertz CT molecular complexity index is 619. The number of nitrogens with two attached hydrogens (primary N) is 1. The van der Waals surface area contributed by atoms with Crippen molar-refractivity contribution in [1.29, 1.82) is 0 Å². The second-order valence-electron chi connectivity index (χ2n) is 4.99. The second-order valence-corrected chi connectivity index (χ2v) is 5.90. The van der Waals surface area contributed by atoms with Crippen LogP contribution < -0.4 is 16.6 Å². The fourth-order valence-electron chi connectivity index (χ4n) is 2.21. The number of benzene rings is 1. The van der Waals surface area contributed by atoms with Crippen LogP contribution in [0.5, 0.6) is 0 Å². The molecular formula is C15H20BrN5. The number of aromatic nitrogens is 2. The summed E-state index contributed by atoms with van der Waals surface area (Å²) >= 11 is 3.51. The summed E-state index contributed by atoms with van der Waals surface area (Å²) in [5, 5.41) is 3.37. The fraction of sp³-hybridized carbons (Fsp3) is 0.333. The van der Waals surface area contributed by atoms with Crippen molar-refractivity contribution in [2.45, 2.75) is 33.6 Å². The van der Waals surface area contributed by atoms with Gasteiger partial charge in [0.25, 0.3) is 0 Å². The highest BCUT2D eigenvalue weighted by atomic mass is 79.9. The van der Waals surface area contributed by atoms with Gasteiger partial charge in [0, 0.05) is 22.6 Å². The molecule has 2 rings (SSSR count). The van der Waals surface area contributed by atoms with Crippen molar-refractivity contribution in [2.24, 2.45) is 5.84 Å². The number of halogens is 1. The third kappa shape index (κ3) is 3.92. The lowest BCUT2D eigenvalue weighted by atomic mass is 10.1. The molecule has 0 bridgehead atoms. The zero-order valence-electron chi connectivity index (χ0n) is 12.5. The number of nitrogens with one attached hydrogen (secondary N) is 2. The Morgan fingerprint density at radius 2 is 1.71 bits per heavy atom. The molecule has 0 amide bonds. The lowest BCUT2D eigenvalue weighted by molar-refractivity contribution is 0.837. The van der Waals surface area contributed by atoms with Crippen LogP contribution in [-0.4, -0.2) is 9.97 Å². The number of aryl methyl sites for hydroxylation is 3. The average Bonchev–Trinajstić information content (AvgIpc) is 2.43. The summed E-state index contributed by atoms with van der Waals surface area (Å²) in [7, 11) is 0. The summed E-state index contributed by atoms with van der Waals surface area (Å²) < 4.78 is 1.07. The molecule has 1 aromatic carbocycles. The van der Waals surface area contributed by atoms with E-state index in [1.807, 2.05) is 0 Å². The van der Waals surface area contributed by atoms with Crippen molar-refractivity contribution < 1.29 is 0 Å². The molecule has 0 aliphatic carbocycles. The van der Waals surface area contributed by atoms with Crippen molar-refractivity contribution in [3.05, 3.63) is 39.6 Å². The molecule has 0 atom stereocenters.